The molecule has 0 aliphatic heterocycles. The summed E-state index contributed by atoms with van der Waals surface area (Å²) in [6.07, 6.45) is 0. The molecule has 11 heavy (non-hydrogen) atoms. The second-order valence-corrected chi connectivity index (χ2v) is 2.12. The minimum absolute atomic E-state index is 0.440. The van der Waals surface area contributed by atoms with Crippen LogP contribution in [0.3, 0.4) is 0 Å². The average molecular weight is 189 g/mol. The van der Waals surface area contributed by atoms with Gasteiger partial charge < -0.3 is 0 Å². The van der Waals surface area contributed by atoms with Gasteiger partial charge >= 0.3 is 8.25 Å². The molecular weight excluding hydrogens is 177 g/mol. The van der Waals surface area contributed by atoms with E-state index in [0.717, 1.165) is 0 Å². The molecule has 68 valence electrons. The van der Waals surface area contributed by atoms with Gasteiger partial charge in [0, 0.05) is 4.57 Å². The van der Waals surface area contributed by atoms with Crippen molar-refractivity contribution in [3.8, 4) is 0 Å². The monoisotopic (exact) mass is 189 g/mol. The maximum absolute atomic E-state index is 10.3. The molecule has 0 atom stereocenters. The molecular formula is C5H12F2O3P+. The van der Waals surface area contributed by atoms with Crippen molar-refractivity contribution >= 4 is 8.25 Å². The van der Waals surface area contributed by atoms with Crippen LogP contribution in [0.4, 0.5) is 8.78 Å². The molecule has 0 radical (unpaired) electrons. The second kappa shape index (κ2) is 12.5. The van der Waals surface area contributed by atoms with E-state index in [1.807, 2.05) is 0 Å². The summed E-state index contributed by atoms with van der Waals surface area (Å²) in [5, 5.41) is 0. The summed E-state index contributed by atoms with van der Waals surface area (Å²) in [4.78, 5) is 0. The molecule has 0 heterocycles. The molecule has 0 aliphatic carbocycles. The van der Waals surface area contributed by atoms with Crippen molar-refractivity contribution in [2.24, 2.45) is 0 Å². The summed E-state index contributed by atoms with van der Waals surface area (Å²) in [5.41, 5.74) is 0. The number of rotatable bonds is 4. The Hall–Kier alpha value is -0.120. The van der Waals surface area contributed by atoms with E-state index >= 15 is 0 Å². The smallest absolute Gasteiger partial charge is 0.214 e. The molecule has 0 saturated heterocycles. The van der Waals surface area contributed by atoms with E-state index in [-0.39, 0.29) is 0 Å². The van der Waals surface area contributed by atoms with Crippen LogP contribution in [-0.2, 0) is 13.6 Å². The van der Waals surface area contributed by atoms with Gasteiger partial charge in [0.15, 0.2) is 0 Å². The summed E-state index contributed by atoms with van der Waals surface area (Å²) in [7, 11) is -1.83. The van der Waals surface area contributed by atoms with E-state index in [4.69, 9.17) is 0 Å². The SMILES string of the molecule is CCO[P+](=O)OCC.FCF. The quantitative estimate of drug-likeness (QED) is 0.637. The van der Waals surface area contributed by atoms with Gasteiger partial charge in [-0.3, -0.25) is 0 Å². The zero-order chi connectivity index (χ0) is 9.11. The molecule has 0 amide bonds. The van der Waals surface area contributed by atoms with Gasteiger partial charge in [0.25, 0.3) is 0 Å². The van der Waals surface area contributed by atoms with E-state index in [0.29, 0.717) is 13.2 Å². The minimum atomic E-state index is -1.83. The fourth-order valence-electron chi connectivity index (χ4n) is 0.248. The molecule has 0 saturated carbocycles. The van der Waals surface area contributed by atoms with E-state index in [1.165, 1.54) is 0 Å². The molecule has 0 fully saturated rings. The van der Waals surface area contributed by atoms with Gasteiger partial charge in [-0.15, -0.1) is 9.05 Å². The number of halogens is 2. The van der Waals surface area contributed by atoms with Crippen molar-refractivity contribution < 1.29 is 22.4 Å². The lowest BCUT2D eigenvalue weighted by Gasteiger charge is -1.78. The lowest BCUT2D eigenvalue weighted by atomic mass is 10.9. The molecule has 0 rings (SSSR count). The molecule has 0 aromatic rings. The van der Waals surface area contributed by atoms with Gasteiger partial charge in [-0.2, -0.15) is 0 Å². The maximum Gasteiger partial charge on any atom is 0.697 e. The highest BCUT2D eigenvalue weighted by atomic mass is 31.1. The third-order valence-electron chi connectivity index (χ3n) is 0.469. The predicted molar refractivity (Wildman–Crippen MR) is 37.9 cm³/mol. The first-order valence-electron chi connectivity index (χ1n) is 3.07. The van der Waals surface area contributed by atoms with Crippen LogP contribution in [0.5, 0.6) is 0 Å². The molecule has 6 heteroatoms. The Kier molecular flexibility index (Phi) is 15.4. The Morgan fingerprint density at radius 1 is 1.18 bits per heavy atom. The fraction of sp³-hybridized carbons (Fsp3) is 1.00. The first kappa shape index (κ1) is 13.5. The lowest BCUT2D eigenvalue weighted by Crippen LogP contribution is -1.81. The summed E-state index contributed by atoms with van der Waals surface area (Å²) >= 11 is 0. The predicted octanol–water partition coefficient (Wildman–Crippen LogP) is 2.60. The van der Waals surface area contributed by atoms with Gasteiger partial charge in [-0.25, -0.2) is 8.78 Å². The number of hydrogen-bond donors (Lipinski definition) is 0. The van der Waals surface area contributed by atoms with Crippen molar-refractivity contribution in [2.75, 3.05) is 20.1 Å². The Balaban J connectivity index is 0. The van der Waals surface area contributed by atoms with Crippen LogP contribution in [0.1, 0.15) is 13.8 Å². The summed E-state index contributed by atoms with van der Waals surface area (Å²) in [6, 6.07) is 0. The van der Waals surface area contributed by atoms with Crippen molar-refractivity contribution in [3.63, 3.8) is 0 Å². The highest BCUT2D eigenvalue weighted by Gasteiger charge is 2.15. The first-order valence-corrected chi connectivity index (χ1v) is 4.17. The zero-order valence-electron chi connectivity index (χ0n) is 6.55. The first-order chi connectivity index (χ1) is 5.22. The molecule has 0 aliphatic rings. The molecule has 3 nitrogen and oxygen atoms in total. The zero-order valence-corrected chi connectivity index (χ0v) is 7.44. The topological polar surface area (TPSA) is 35.5 Å². The molecule has 0 unspecified atom stereocenters. The van der Waals surface area contributed by atoms with E-state index in [9.17, 15) is 13.3 Å². The summed E-state index contributed by atoms with van der Waals surface area (Å²) in [5.74, 6) is 0. The minimum Gasteiger partial charge on any atom is -0.214 e. The Morgan fingerprint density at radius 2 is 1.45 bits per heavy atom. The fourth-order valence-corrected chi connectivity index (χ4v) is 0.744. The highest BCUT2D eigenvalue weighted by molar-refractivity contribution is 7.33. The largest absolute Gasteiger partial charge is 0.697 e. The second-order valence-electron chi connectivity index (χ2n) is 1.16. The summed E-state index contributed by atoms with van der Waals surface area (Å²) < 4.78 is 38.7. The van der Waals surface area contributed by atoms with Crippen molar-refractivity contribution in [2.45, 2.75) is 13.8 Å². The molecule has 0 bridgehead atoms. The van der Waals surface area contributed by atoms with Crippen molar-refractivity contribution in [1.29, 1.82) is 0 Å². The van der Waals surface area contributed by atoms with Gasteiger partial charge in [0.1, 0.15) is 13.2 Å². The summed E-state index contributed by atoms with van der Waals surface area (Å²) in [6.45, 7) is 2.67. The van der Waals surface area contributed by atoms with Crippen LogP contribution in [0, 0.1) is 0 Å². The number of alkyl halides is 2. The molecule has 0 aromatic heterocycles. The van der Waals surface area contributed by atoms with E-state index in [1.54, 1.807) is 13.8 Å². The van der Waals surface area contributed by atoms with Crippen LogP contribution in [0.2, 0.25) is 0 Å². The van der Waals surface area contributed by atoms with Crippen LogP contribution in [0.15, 0.2) is 0 Å². The van der Waals surface area contributed by atoms with Gasteiger partial charge in [0.2, 0.25) is 6.93 Å². The third kappa shape index (κ3) is 17.7. The Labute approximate surface area is 65.6 Å². The number of hydrogen-bond acceptors (Lipinski definition) is 3. The standard InChI is InChI=1S/C4H10O3P.CH2F2/c1-3-6-8(5)7-4-2;2-1-3/h3-4H2,1-2H3;1H2/q+1;. The van der Waals surface area contributed by atoms with Gasteiger partial charge in [0.05, 0.1) is 0 Å². The normalized spacial score (nSPS) is 8.36. The Morgan fingerprint density at radius 3 is 1.64 bits per heavy atom. The van der Waals surface area contributed by atoms with E-state index < -0.39 is 15.2 Å². The van der Waals surface area contributed by atoms with Crippen LogP contribution in [-0.4, -0.2) is 20.1 Å². The molecule has 0 aromatic carbocycles. The maximum atomic E-state index is 10.3. The van der Waals surface area contributed by atoms with Crippen molar-refractivity contribution in [3.05, 3.63) is 0 Å². The van der Waals surface area contributed by atoms with E-state index in [2.05, 4.69) is 9.05 Å². The van der Waals surface area contributed by atoms with Crippen molar-refractivity contribution in [1.82, 2.24) is 0 Å². The van der Waals surface area contributed by atoms with Gasteiger partial charge in [-0.05, 0) is 13.8 Å². The Bertz CT molecular complexity index is 83.8. The third-order valence-corrected chi connectivity index (χ3v) is 1.41. The average Bonchev–Trinajstić information content (AvgIpc) is 1.90. The van der Waals surface area contributed by atoms with Gasteiger partial charge in [-0.1, -0.05) is 0 Å². The lowest BCUT2D eigenvalue weighted by molar-refractivity contribution is 0.243. The molecule has 0 N–H and O–H groups in total. The highest BCUT2D eigenvalue weighted by Crippen LogP contribution is 2.21. The molecule has 0 spiro atoms. The van der Waals surface area contributed by atoms with Crippen LogP contribution in [0.25, 0.3) is 0 Å². The van der Waals surface area contributed by atoms with Crippen LogP contribution < -0.4 is 0 Å². The van der Waals surface area contributed by atoms with Crippen LogP contribution >= 0.6 is 8.25 Å².